The van der Waals surface area contributed by atoms with Crippen molar-refractivity contribution in [1.82, 2.24) is 19.8 Å². The summed E-state index contributed by atoms with van der Waals surface area (Å²) >= 11 is 0. The minimum Gasteiger partial charge on any atom is -0.336 e. The van der Waals surface area contributed by atoms with Crippen LogP contribution in [0.5, 0.6) is 0 Å². The van der Waals surface area contributed by atoms with Crippen molar-refractivity contribution >= 4 is 45.8 Å². The van der Waals surface area contributed by atoms with Gasteiger partial charge in [-0.2, -0.15) is 0 Å². The van der Waals surface area contributed by atoms with E-state index in [-0.39, 0.29) is 11.8 Å². The van der Waals surface area contributed by atoms with Crippen LogP contribution in [-0.4, -0.2) is 57.8 Å². The molecule has 4 aromatic rings. The molecule has 1 fully saturated rings. The maximum Gasteiger partial charge on any atom is 0.246 e. The van der Waals surface area contributed by atoms with Crippen LogP contribution in [0.1, 0.15) is 11.1 Å². The highest BCUT2D eigenvalue weighted by Gasteiger charge is 2.21. The number of para-hydroxylation sites is 2. The lowest BCUT2D eigenvalue weighted by Gasteiger charge is -2.33. The summed E-state index contributed by atoms with van der Waals surface area (Å²) in [5.74, 6) is -0.103. The topological polar surface area (TPSA) is 66.4 Å². The van der Waals surface area contributed by atoms with E-state index in [0.29, 0.717) is 26.2 Å². The zero-order valence-electron chi connectivity index (χ0n) is 21.0. The molecule has 0 N–H and O–H groups in total. The molecular weight excluding hydrogens is 472 g/mol. The quantitative estimate of drug-likeness (QED) is 0.266. The first-order chi connectivity index (χ1) is 18.7. The third kappa shape index (κ3) is 5.93. The van der Waals surface area contributed by atoms with Crippen molar-refractivity contribution in [1.29, 1.82) is 0 Å². The standard InChI is InChI=1S/C32H28N4O2/c37-31(15-7-1-9-25-17-19-33-29-13-5-3-11-27(25)29)35-21-23-36(24-22-35)32(38)16-8-2-10-26-18-20-34-30-14-6-4-12-28(26)30/h1-20H,21-24H2. The van der Waals surface area contributed by atoms with E-state index in [1.54, 1.807) is 46.5 Å². The van der Waals surface area contributed by atoms with Crippen LogP contribution < -0.4 is 0 Å². The van der Waals surface area contributed by atoms with Crippen LogP contribution in [-0.2, 0) is 9.59 Å². The van der Waals surface area contributed by atoms with Gasteiger partial charge >= 0.3 is 0 Å². The number of piperazine rings is 1. The molecule has 6 heteroatoms. The Morgan fingerprint density at radius 2 is 1.00 bits per heavy atom. The molecule has 3 heterocycles. The Morgan fingerprint density at radius 3 is 1.45 bits per heavy atom. The lowest BCUT2D eigenvalue weighted by atomic mass is 10.1. The Balaban J connectivity index is 1.10. The molecule has 0 aliphatic carbocycles. The molecule has 38 heavy (non-hydrogen) atoms. The fourth-order valence-corrected chi connectivity index (χ4v) is 4.48. The average molecular weight is 501 g/mol. The van der Waals surface area contributed by atoms with Gasteiger partial charge < -0.3 is 9.80 Å². The van der Waals surface area contributed by atoms with Crippen LogP contribution in [0.15, 0.2) is 110 Å². The van der Waals surface area contributed by atoms with Gasteiger partial charge in [-0.3, -0.25) is 19.6 Å². The number of allylic oxidation sites excluding steroid dienone is 4. The zero-order chi connectivity index (χ0) is 26.2. The highest BCUT2D eigenvalue weighted by Crippen LogP contribution is 2.18. The predicted molar refractivity (Wildman–Crippen MR) is 153 cm³/mol. The number of carbonyl (C=O) groups excluding carboxylic acids is 2. The minimum absolute atomic E-state index is 0.0515. The fraction of sp³-hybridized carbons (Fsp3) is 0.125. The molecule has 0 bridgehead atoms. The summed E-state index contributed by atoms with van der Waals surface area (Å²) in [4.78, 5) is 37.5. The third-order valence-electron chi connectivity index (χ3n) is 6.52. The van der Waals surface area contributed by atoms with Gasteiger partial charge in [-0.05, 0) is 35.4 Å². The summed E-state index contributed by atoms with van der Waals surface area (Å²) in [5.41, 5.74) is 3.99. The van der Waals surface area contributed by atoms with Crippen LogP contribution in [0.4, 0.5) is 0 Å². The van der Waals surface area contributed by atoms with Crippen LogP contribution in [0.3, 0.4) is 0 Å². The maximum atomic E-state index is 12.6. The molecule has 1 aliphatic rings. The van der Waals surface area contributed by atoms with E-state index < -0.39 is 0 Å². The summed E-state index contributed by atoms with van der Waals surface area (Å²) in [5, 5.41) is 2.14. The Kier molecular flexibility index (Phi) is 7.80. The molecular formula is C32H28N4O2. The number of hydrogen-bond donors (Lipinski definition) is 0. The first-order valence-electron chi connectivity index (χ1n) is 12.6. The van der Waals surface area contributed by atoms with E-state index in [0.717, 1.165) is 32.9 Å². The molecule has 2 aromatic heterocycles. The van der Waals surface area contributed by atoms with Crippen LogP contribution in [0, 0.1) is 0 Å². The lowest BCUT2D eigenvalue weighted by Crippen LogP contribution is -2.49. The van der Waals surface area contributed by atoms with Crippen LogP contribution in [0.25, 0.3) is 34.0 Å². The number of rotatable bonds is 6. The van der Waals surface area contributed by atoms with Crippen LogP contribution >= 0.6 is 0 Å². The van der Waals surface area contributed by atoms with E-state index in [2.05, 4.69) is 9.97 Å². The number of hydrogen-bond acceptors (Lipinski definition) is 4. The molecule has 0 unspecified atom stereocenters. The summed E-state index contributed by atoms with van der Waals surface area (Å²) in [7, 11) is 0. The number of aromatic nitrogens is 2. The molecule has 1 aliphatic heterocycles. The van der Waals surface area contributed by atoms with Crippen molar-refractivity contribution in [3.05, 3.63) is 121 Å². The van der Waals surface area contributed by atoms with Crippen molar-refractivity contribution < 1.29 is 9.59 Å². The first-order valence-corrected chi connectivity index (χ1v) is 12.6. The van der Waals surface area contributed by atoms with Gasteiger partial charge in [0.25, 0.3) is 0 Å². The van der Waals surface area contributed by atoms with E-state index in [1.165, 1.54) is 0 Å². The molecule has 0 saturated carbocycles. The molecule has 0 atom stereocenters. The molecule has 188 valence electrons. The smallest absolute Gasteiger partial charge is 0.246 e. The number of nitrogens with zero attached hydrogens (tertiary/aromatic N) is 4. The molecule has 2 amide bonds. The van der Waals surface area contributed by atoms with Crippen molar-refractivity contribution in [3.8, 4) is 0 Å². The maximum absolute atomic E-state index is 12.6. The largest absolute Gasteiger partial charge is 0.336 e. The van der Waals surface area contributed by atoms with Gasteiger partial charge in [0.15, 0.2) is 0 Å². The number of benzene rings is 2. The van der Waals surface area contributed by atoms with Crippen molar-refractivity contribution in [3.63, 3.8) is 0 Å². The van der Waals surface area contributed by atoms with Gasteiger partial charge in [0.05, 0.1) is 11.0 Å². The van der Waals surface area contributed by atoms with E-state index in [1.807, 2.05) is 85.0 Å². The predicted octanol–water partition coefficient (Wildman–Crippen LogP) is 5.29. The average Bonchev–Trinajstić information content (AvgIpc) is 2.97. The molecule has 0 radical (unpaired) electrons. The van der Waals surface area contributed by atoms with Crippen molar-refractivity contribution in [2.45, 2.75) is 0 Å². The second-order valence-corrected chi connectivity index (χ2v) is 8.92. The summed E-state index contributed by atoms with van der Waals surface area (Å²) in [6, 6.07) is 19.8. The van der Waals surface area contributed by atoms with Gasteiger partial charge in [-0.25, -0.2) is 0 Å². The van der Waals surface area contributed by atoms with E-state index >= 15 is 0 Å². The number of carbonyl (C=O) groups is 2. The molecule has 2 aromatic carbocycles. The Morgan fingerprint density at radius 1 is 0.579 bits per heavy atom. The molecule has 0 spiro atoms. The second-order valence-electron chi connectivity index (χ2n) is 8.92. The lowest BCUT2D eigenvalue weighted by molar-refractivity contribution is -0.134. The van der Waals surface area contributed by atoms with Crippen molar-refractivity contribution in [2.75, 3.05) is 26.2 Å². The third-order valence-corrected chi connectivity index (χ3v) is 6.52. The summed E-state index contributed by atoms with van der Waals surface area (Å²) in [6.45, 7) is 2.06. The highest BCUT2D eigenvalue weighted by molar-refractivity contribution is 5.91. The Labute approximate surface area is 221 Å². The zero-order valence-corrected chi connectivity index (χ0v) is 21.0. The van der Waals surface area contributed by atoms with E-state index in [9.17, 15) is 9.59 Å². The first kappa shape index (κ1) is 24.8. The number of fused-ring (bicyclic) bond motifs is 2. The van der Waals surface area contributed by atoms with Gasteiger partial charge in [0.1, 0.15) is 0 Å². The Hall–Kier alpha value is -4.84. The normalized spacial score (nSPS) is 14.6. The van der Waals surface area contributed by atoms with Gasteiger partial charge in [0.2, 0.25) is 11.8 Å². The van der Waals surface area contributed by atoms with Crippen molar-refractivity contribution in [2.24, 2.45) is 0 Å². The van der Waals surface area contributed by atoms with Gasteiger partial charge in [0, 0.05) is 61.5 Å². The van der Waals surface area contributed by atoms with E-state index in [4.69, 9.17) is 0 Å². The monoisotopic (exact) mass is 500 g/mol. The molecule has 1 saturated heterocycles. The SMILES string of the molecule is O=C(C=CC=Cc1ccnc2ccccc12)N1CCN(C(=O)C=CC=Cc2ccnc3ccccc23)CC1. The fourth-order valence-electron chi connectivity index (χ4n) is 4.48. The Bertz CT molecular complexity index is 1450. The minimum atomic E-state index is -0.0515. The van der Waals surface area contributed by atoms with Gasteiger partial charge in [-0.1, -0.05) is 72.9 Å². The van der Waals surface area contributed by atoms with Crippen LogP contribution in [0.2, 0.25) is 0 Å². The molecule has 5 rings (SSSR count). The summed E-state index contributed by atoms with van der Waals surface area (Å²) in [6.07, 6.45) is 17.9. The summed E-state index contributed by atoms with van der Waals surface area (Å²) < 4.78 is 0. The second kappa shape index (κ2) is 11.9. The molecule has 6 nitrogen and oxygen atoms in total. The van der Waals surface area contributed by atoms with Gasteiger partial charge in [-0.15, -0.1) is 0 Å². The number of amides is 2. The number of pyridine rings is 2. The highest BCUT2D eigenvalue weighted by atomic mass is 16.2.